The quantitative estimate of drug-likeness (QED) is 0.294. The first kappa shape index (κ1) is 18.2. The number of hydrogen-bond acceptors (Lipinski definition) is 6. The molecule has 0 fully saturated rings. The number of nitrogens with two attached hydrogens (primary N) is 2. The molecule has 0 radical (unpaired) electrons. The third-order valence-electron chi connectivity index (χ3n) is 3.29. The number of unbranched alkanes of at least 4 members (excludes halogenated alkanes) is 2. The summed E-state index contributed by atoms with van der Waals surface area (Å²) in [7, 11) is 0. The van der Waals surface area contributed by atoms with Crippen molar-refractivity contribution in [3.8, 4) is 11.8 Å². The molecule has 0 aliphatic carbocycles. The van der Waals surface area contributed by atoms with Crippen molar-refractivity contribution < 1.29 is 9.47 Å². The number of nitrogens with zero attached hydrogens (tertiary/aromatic N) is 2. The van der Waals surface area contributed by atoms with Gasteiger partial charge in [-0.15, -0.1) is 0 Å². The molecule has 0 aromatic carbocycles. The van der Waals surface area contributed by atoms with Gasteiger partial charge in [-0.05, 0) is 31.4 Å². The van der Waals surface area contributed by atoms with Crippen LogP contribution in [0.1, 0.15) is 30.7 Å². The van der Waals surface area contributed by atoms with E-state index < -0.39 is 0 Å². The molecule has 8 heteroatoms. The molecule has 2 heterocycles. The van der Waals surface area contributed by atoms with E-state index in [1.54, 1.807) is 36.4 Å². The third-order valence-corrected chi connectivity index (χ3v) is 3.29. The Hall–Kier alpha value is -3.16. The molecule has 2 aromatic heterocycles. The van der Waals surface area contributed by atoms with E-state index in [1.165, 1.54) is 0 Å². The van der Waals surface area contributed by atoms with E-state index in [2.05, 4.69) is 9.97 Å². The maximum atomic E-state index is 7.35. The molecule has 0 atom stereocenters. The molecule has 0 unspecified atom stereocenters. The van der Waals surface area contributed by atoms with Crippen molar-refractivity contribution in [2.45, 2.75) is 19.3 Å². The highest BCUT2D eigenvalue weighted by Gasteiger charge is 2.02. The second-order valence-corrected chi connectivity index (χ2v) is 5.31. The summed E-state index contributed by atoms with van der Waals surface area (Å²) in [4.78, 5) is 8.27. The van der Waals surface area contributed by atoms with Crippen LogP contribution in [0.2, 0.25) is 0 Å². The molecule has 6 N–H and O–H groups in total. The lowest BCUT2D eigenvalue weighted by Gasteiger charge is -2.08. The summed E-state index contributed by atoms with van der Waals surface area (Å²) in [5.74, 6) is 0.776. The Morgan fingerprint density at radius 3 is 1.60 bits per heavy atom. The summed E-state index contributed by atoms with van der Waals surface area (Å²) in [5.41, 5.74) is 11.6. The molecular weight excluding hydrogens is 320 g/mol. The van der Waals surface area contributed by atoms with Gasteiger partial charge in [-0.2, -0.15) is 0 Å². The highest BCUT2D eigenvalue weighted by atomic mass is 16.5. The Labute approximate surface area is 146 Å². The van der Waals surface area contributed by atoms with E-state index >= 15 is 0 Å². The maximum absolute atomic E-state index is 7.35. The molecule has 0 saturated carbocycles. The summed E-state index contributed by atoms with van der Waals surface area (Å²) in [6.07, 6.45) is 2.64. The van der Waals surface area contributed by atoms with Crippen molar-refractivity contribution in [2.24, 2.45) is 11.5 Å². The van der Waals surface area contributed by atoms with Gasteiger partial charge in [0.05, 0.1) is 13.2 Å². The number of pyridine rings is 2. The summed E-state index contributed by atoms with van der Waals surface area (Å²) < 4.78 is 11.1. The van der Waals surface area contributed by atoms with Crippen molar-refractivity contribution in [3.05, 3.63) is 47.8 Å². The lowest BCUT2D eigenvalue weighted by molar-refractivity contribution is 0.269. The Morgan fingerprint density at radius 1 is 0.760 bits per heavy atom. The second kappa shape index (κ2) is 9.21. The zero-order chi connectivity index (χ0) is 18.1. The average molecular weight is 342 g/mol. The van der Waals surface area contributed by atoms with Gasteiger partial charge in [-0.1, -0.05) is 12.1 Å². The Kier molecular flexibility index (Phi) is 6.70. The van der Waals surface area contributed by atoms with Gasteiger partial charge in [0, 0.05) is 12.1 Å². The van der Waals surface area contributed by atoms with Crippen LogP contribution in [-0.2, 0) is 0 Å². The third kappa shape index (κ3) is 6.09. The zero-order valence-electron chi connectivity index (χ0n) is 13.9. The van der Waals surface area contributed by atoms with Crippen LogP contribution >= 0.6 is 0 Å². The summed E-state index contributed by atoms with van der Waals surface area (Å²) in [6, 6.07) is 10.3. The first-order valence-electron chi connectivity index (χ1n) is 7.95. The maximum Gasteiger partial charge on any atom is 0.213 e. The Balaban J connectivity index is 1.62. The molecule has 0 saturated heterocycles. The fourth-order valence-electron chi connectivity index (χ4n) is 2.02. The van der Waals surface area contributed by atoms with E-state index in [9.17, 15) is 0 Å². The van der Waals surface area contributed by atoms with Crippen LogP contribution < -0.4 is 20.9 Å². The monoisotopic (exact) mass is 342 g/mol. The van der Waals surface area contributed by atoms with Gasteiger partial charge in [0.15, 0.2) is 0 Å². The molecule has 0 spiro atoms. The largest absolute Gasteiger partial charge is 0.478 e. The molecule has 0 aliphatic rings. The van der Waals surface area contributed by atoms with Gasteiger partial charge in [-0.25, -0.2) is 9.97 Å². The summed E-state index contributed by atoms with van der Waals surface area (Å²) in [5, 5.41) is 14.7. The number of ether oxygens (including phenoxy) is 2. The molecule has 0 amide bonds. The van der Waals surface area contributed by atoms with Crippen LogP contribution in [0.5, 0.6) is 11.8 Å². The first-order chi connectivity index (χ1) is 12.1. The lowest BCUT2D eigenvalue weighted by Crippen LogP contribution is -2.13. The van der Waals surface area contributed by atoms with Gasteiger partial charge >= 0.3 is 0 Å². The number of rotatable bonds is 10. The second-order valence-electron chi connectivity index (χ2n) is 5.31. The van der Waals surface area contributed by atoms with Gasteiger partial charge in [-0.3, -0.25) is 10.8 Å². The fourth-order valence-corrected chi connectivity index (χ4v) is 2.02. The summed E-state index contributed by atoms with van der Waals surface area (Å²) >= 11 is 0. The molecule has 2 rings (SSSR count). The molecule has 132 valence electrons. The van der Waals surface area contributed by atoms with Gasteiger partial charge in [0.1, 0.15) is 23.1 Å². The SMILES string of the molecule is N=C(N)c1cccc(OCCCCCOc2cccc(C(=N)N)n2)n1. The number of nitrogen functional groups attached to an aromatic ring is 2. The van der Waals surface area contributed by atoms with E-state index in [4.69, 9.17) is 31.8 Å². The van der Waals surface area contributed by atoms with Crippen molar-refractivity contribution >= 4 is 11.7 Å². The van der Waals surface area contributed by atoms with Crippen molar-refractivity contribution in [3.63, 3.8) is 0 Å². The van der Waals surface area contributed by atoms with E-state index in [-0.39, 0.29) is 11.7 Å². The Bertz CT molecular complexity index is 673. The molecule has 0 bridgehead atoms. The van der Waals surface area contributed by atoms with Crippen LogP contribution in [0, 0.1) is 10.8 Å². The number of nitrogens with one attached hydrogen (secondary N) is 2. The summed E-state index contributed by atoms with van der Waals surface area (Å²) in [6.45, 7) is 1.07. The number of aromatic nitrogens is 2. The van der Waals surface area contributed by atoms with E-state index in [0.29, 0.717) is 36.4 Å². The van der Waals surface area contributed by atoms with E-state index in [0.717, 1.165) is 19.3 Å². The molecule has 2 aromatic rings. The van der Waals surface area contributed by atoms with Crippen LogP contribution in [-0.4, -0.2) is 34.9 Å². The highest BCUT2D eigenvalue weighted by molar-refractivity contribution is 5.93. The molecule has 8 nitrogen and oxygen atoms in total. The molecular formula is C17H22N6O2. The van der Waals surface area contributed by atoms with Crippen LogP contribution in [0.15, 0.2) is 36.4 Å². The predicted octanol–water partition coefficient (Wildman–Crippen LogP) is 1.67. The van der Waals surface area contributed by atoms with Gasteiger partial charge in [0.25, 0.3) is 0 Å². The predicted molar refractivity (Wildman–Crippen MR) is 95.3 cm³/mol. The number of amidine groups is 2. The minimum Gasteiger partial charge on any atom is -0.478 e. The minimum atomic E-state index is -0.0787. The van der Waals surface area contributed by atoms with Crippen LogP contribution in [0.4, 0.5) is 0 Å². The topological polar surface area (TPSA) is 144 Å². The van der Waals surface area contributed by atoms with Gasteiger partial charge < -0.3 is 20.9 Å². The Morgan fingerprint density at radius 2 is 1.20 bits per heavy atom. The normalized spacial score (nSPS) is 10.2. The average Bonchev–Trinajstić information content (AvgIpc) is 2.61. The van der Waals surface area contributed by atoms with Gasteiger partial charge in [0.2, 0.25) is 11.8 Å². The molecule has 25 heavy (non-hydrogen) atoms. The zero-order valence-corrected chi connectivity index (χ0v) is 13.9. The molecule has 0 aliphatic heterocycles. The highest BCUT2D eigenvalue weighted by Crippen LogP contribution is 2.10. The van der Waals surface area contributed by atoms with Crippen molar-refractivity contribution in [1.29, 1.82) is 10.8 Å². The van der Waals surface area contributed by atoms with Crippen LogP contribution in [0.25, 0.3) is 0 Å². The lowest BCUT2D eigenvalue weighted by atomic mass is 10.2. The van der Waals surface area contributed by atoms with E-state index in [1.807, 2.05) is 0 Å². The smallest absolute Gasteiger partial charge is 0.213 e. The standard InChI is InChI=1S/C17H22N6O2/c18-16(19)12-6-4-8-14(22-12)24-10-2-1-3-11-25-15-9-5-7-13(23-15)17(20)21/h4-9H,1-3,10-11H2,(H3,18,19)(H3,20,21). The van der Waals surface area contributed by atoms with Crippen LogP contribution in [0.3, 0.4) is 0 Å². The van der Waals surface area contributed by atoms with Crippen molar-refractivity contribution in [2.75, 3.05) is 13.2 Å². The number of hydrogen-bond donors (Lipinski definition) is 4. The first-order valence-corrected chi connectivity index (χ1v) is 7.95. The van der Waals surface area contributed by atoms with Crippen molar-refractivity contribution in [1.82, 2.24) is 9.97 Å². The minimum absolute atomic E-state index is 0.0787. The fraction of sp³-hybridized carbons (Fsp3) is 0.294.